The van der Waals surface area contributed by atoms with E-state index in [1.165, 1.54) is 9.47 Å². The number of hydrogen-bond donors (Lipinski definition) is 1. The average molecular weight is 388 g/mol. The molecule has 0 saturated carbocycles. The van der Waals surface area contributed by atoms with Gasteiger partial charge < -0.3 is 14.6 Å². The van der Waals surface area contributed by atoms with Crippen LogP contribution in [0.15, 0.2) is 59.4 Å². The van der Waals surface area contributed by atoms with Gasteiger partial charge in [-0.1, -0.05) is 54.6 Å². The van der Waals surface area contributed by atoms with Crippen LogP contribution in [-0.2, 0) is 17.8 Å². The molecule has 1 aliphatic heterocycles. The largest absolute Gasteiger partial charge is 0.478 e. The molecule has 2 heterocycles. The van der Waals surface area contributed by atoms with Crippen molar-refractivity contribution >= 4 is 11.9 Å². The van der Waals surface area contributed by atoms with Gasteiger partial charge in [-0.15, -0.1) is 0 Å². The maximum absolute atomic E-state index is 13.5. The molecule has 0 unspecified atom stereocenters. The van der Waals surface area contributed by atoms with Crippen molar-refractivity contribution in [2.24, 2.45) is 0 Å². The first-order valence-electron chi connectivity index (χ1n) is 9.27. The highest BCUT2D eigenvalue weighted by Crippen LogP contribution is 2.37. The first-order valence-corrected chi connectivity index (χ1v) is 9.27. The average Bonchev–Trinajstić information content (AvgIpc) is 3.08. The van der Waals surface area contributed by atoms with Gasteiger partial charge in [-0.2, -0.15) is 0 Å². The minimum Gasteiger partial charge on any atom is -0.478 e. The van der Waals surface area contributed by atoms with Gasteiger partial charge in [0.2, 0.25) is 5.91 Å². The van der Waals surface area contributed by atoms with Crippen LogP contribution in [0.1, 0.15) is 21.5 Å². The molecule has 0 saturated heterocycles. The Balaban J connectivity index is 2.12. The summed E-state index contributed by atoms with van der Waals surface area (Å²) in [5.41, 5.74) is 2.86. The third-order valence-corrected chi connectivity index (χ3v) is 5.27. The van der Waals surface area contributed by atoms with E-state index in [1.807, 2.05) is 30.3 Å². The van der Waals surface area contributed by atoms with E-state index in [-0.39, 0.29) is 34.6 Å². The Morgan fingerprint density at radius 1 is 1.03 bits per heavy atom. The normalized spacial score (nSPS) is 11.7. The maximum Gasteiger partial charge on any atom is 0.338 e. The van der Waals surface area contributed by atoms with E-state index in [4.69, 9.17) is 0 Å². The Morgan fingerprint density at radius 2 is 1.69 bits per heavy atom. The van der Waals surface area contributed by atoms with Gasteiger partial charge in [-0.25, -0.2) is 4.79 Å². The second-order valence-electron chi connectivity index (χ2n) is 7.26. The van der Waals surface area contributed by atoms with Crippen LogP contribution >= 0.6 is 0 Å². The summed E-state index contributed by atoms with van der Waals surface area (Å²) in [5, 5.41) is 10.1. The first kappa shape index (κ1) is 18.7. The summed E-state index contributed by atoms with van der Waals surface area (Å²) in [6, 6.07) is 16.3. The highest BCUT2D eigenvalue weighted by molar-refractivity contribution is 6.01. The Labute approximate surface area is 167 Å². The summed E-state index contributed by atoms with van der Waals surface area (Å²) in [7, 11) is 3.22. The molecule has 1 aliphatic rings. The zero-order valence-corrected chi connectivity index (χ0v) is 16.2. The minimum absolute atomic E-state index is 0.0172. The molecular weight excluding hydrogens is 368 g/mol. The number of aromatic carboxylic acids is 1. The van der Waals surface area contributed by atoms with Gasteiger partial charge in [0.15, 0.2) is 0 Å². The third kappa shape index (κ3) is 3.02. The Kier molecular flexibility index (Phi) is 4.54. The van der Waals surface area contributed by atoms with Crippen molar-refractivity contribution in [3.63, 3.8) is 0 Å². The van der Waals surface area contributed by atoms with Gasteiger partial charge in [-0.05, 0) is 16.7 Å². The lowest BCUT2D eigenvalue weighted by molar-refractivity contribution is -0.127. The molecule has 0 spiro atoms. The number of likely N-dealkylation sites (N-methyl/N-ethyl adjacent to an activating group) is 1. The smallest absolute Gasteiger partial charge is 0.338 e. The highest BCUT2D eigenvalue weighted by Gasteiger charge is 2.32. The van der Waals surface area contributed by atoms with E-state index in [2.05, 4.69) is 0 Å². The Hall–Kier alpha value is -3.67. The van der Waals surface area contributed by atoms with E-state index in [0.717, 1.165) is 11.1 Å². The second-order valence-corrected chi connectivity index (χ2v) is 7.26. The number of carboxylic acid groups (broad SMARTS) is 1. The molecular formula is C23H20N2O4. The third-order valence-electron chi connectivity index (χ3n) is 5.27. The number of benzene rings is 2. The SMILES string of the molecule is CN(C)C(=O)Cc1c(C(=O)O)c2n(c(=O)c1-c1ccccc1)Cc1ccccc1-2. The summed E-state index contributed by atoms with van der Waals surface area (Å²) in [5.74, 6) is -1.41. The lowest BCUT2D eigenvalue weighted by Gasteiger charge is -2.19. The molecule has 29 heavy (non-hydrogen) atoms. The molecule has 0 fully saturated rings. The second kappa shape index (κ2) is 7.05. The van der Waals surface area contributed by atoms with E-state index in [1.54, 1.807) is 38.4 Å². The molecule has 146 valence electrons. The summed E-state index contributed by atoms with van der Waals surface area (Å²) in [4.78, 5) is 39.9. The quantitative estimate of drug-likeness (QED) is 0.583. The highest BCUT2D eigenvalue weighted by atomic mass is 16.4. The number of rotatable bonds is 4. The zero-order chi connectivity index (χ0) is 20.7. The molecule has 6 nitrogen and oxygen atoms in total. The maximum atomic E-state index is 13.5. The van der Waals surface area contributed by atoms with Crippen molar-refractivity contribution < 1.29 is 14.7 Å². The van der Waals surface area contributed by atoms with Gasteiger partial charge in [-0.3, -0.25) is 9.59 Å². The van der Waals surface area contributed by atoms with Crippen LogP contribution in [0, 0.1) is 0 Å². The summed E-state index contributed by atoms with van der Waals surface area (Å²) < 4.78 is 1.51. The van der Waals surface area contributed by atoms with Crippen LogP contribution in [-0.4, -0.2) is 40.5 Å². The molecule has 4 rings (SSSR count). The van der Waals surface area contributed by atoms with E-state index >= 15 is 0 Å². The Morgan fingerprint density at radius 3 is 2.34 bits per heavy atom. The molecule has 0 bridgehead atoms. The van der Waals surface area contributed by atoms with Crippen LogP contribution in [0.3, 0.4) is 0 Å². The lowest BCUT2D eigenvalue weighted by atomic mass is 9.91. The molecule has 6 heteroatoms. The topological polar surface area (TPSA) is 79.6 Å². The predicted molar refractivity (Wildman–Crippen MR) is 110 cm³/mol. The number of pyridine rings is 1. The molecule has 1 aromatic heterocycles. The zero-order valence-electron chi connectivity index (χ0n) is 16.2. The molecule has 0 aliphatic carbocycles. The van der Waals surface area contributed by atoms with Gasteiger partial charge in [0, 0.05) is 19.7 Å². The van der Waals surface area contributed by atoms with E-state index in [9.17, 15) is 19.5 Å². The fraction of sp³-hybridized carbons (Fsp3) is 0.174. The number of aromatic nitrogens is 1. The standard InChI is InChI=1S/C23H20N2O4/c1-24(2)18(26)12-17-19(14-8-4-3-5-9-14)22(27)25-13-15-10-6-7-11-16(15)21(25)20(17)23(28)29/h3-11H,12-13H2,1-2H3,(H,28,29). The van der Waals surface area contributed by atoms with E-state index < -0.39 is 5.97 Å². The van der Waals surface area contributed by atoms with Crippen LogP contribution in [0.5, 0.6) is 0 Å². The number of carbonyl (C=O) groups excluding carboxylic acids is 1. The number of carboxylic acids is 1. The van der Waals surface area contributed by atoms with E-state index in [0.29, 0.717) is 17.8 Å². The Bertz CT molecular complexity index is 1190. The summed E-state index contributed by atoms with van der Waals surface area (Å²) >= 11 is 0. The van der Waals surface area contributed by atoms with Crippen molar-refractivity contribution in [2.75, 3.05) is 14.1 Å². The minimum atomic E-state index is -1.15. The van der Waals surface area contributed by atoms with Crippen LogP contribution < -0.4 is 5.56 Å². The van der Waals surface area contributed by atoms with Crippen molar-refractivity contribution in [3.05, 3.63) is 81.6 Å². The number of hydrogen-bond acceptors (Lipinski definition) is 3. The monoisotopic (exact) mass is 388 g/mol. The van der Waals surface area contributed by atoms with Crippen molar-refractivity contribution in [2.45, 2.75) is 13.0 Å². The van der Waals surface area contributed by atoms with Crippen molar-refractivity contribution in [1.82, 2.24) is 9.47 Å². The molecule has 3 aromatic rings. The fourth-order valence-electron chi connectivity index (χ4n) is 3.88. The van der Waals surface area contributed by atoms with Gasteiger partial charge in [0.05, 0.1) is 29.8 Å². The van der Waals surface area contributed by atoms with Crippen LogP contribution in [0.25, 0.3) is 22.4 Å². The molecule has 2 aromatic carbocycles. The van der Waals surface area contributed by atoms with Gasteiger partial charge in [0.1, 0.15) is 0 Å². The summed E-state index contributed by atoms with van der Waals surface area (Å²) in [6.45, 7) is 0.312. The van der Waals surface area contributed by atoms with Crippen LogP contribution in [0.2, 0.25) is 0 Å². The lowest BCUT2D eigenvalue weighted by Crippen LogP contribution is -2.30. The number of nitrogens with zero attached hydrogens (tertiary/aromatic N) is 2. The molecule has 0 radical (unpaired) electrons. The molecule has 1 N–H and O–H groups in total. The molecule has 0 atom stereocenters. The van der Waals surface area contributed by atoms with Gasteiger partial charge in [0.25, 0.3) is 5.56 Å². The van der Waals surface area contributed by atoms with Gasteiger partial charge >= 0.3 is 5.97 Å². The number of carbonyl (C=O) groups is 2. The fourth-order valence-corrected chi connectivity index (χ4v) is 3.88. The number of fused-ring (bicyclic) bond motifs is 3. The molecule has 1 amide bonds. The van der Waals surface area contributed by atoms with Crippen LogP contribution in [0.4, 0.5) is 0 Å². The summed E-state index contributed by atoms with van der Waals surface area (Å²) in [6.07, 6.45) is -0.163. The predicted octanol–water partition coefficient (Wildman–Crippen LogP) is 2.87. The van der Waals surface area contributed by atoms with Crippen molar-refractivity contribution in [3.8, 4) is 22.4 Å². The number of amides is 1. The van der Waals surface area contributed by atoms with Crippen molar-refractivity contribution in [1.29, 1.82) is 0 Å². The first-order chi connectivity index (χ1) is 13.9.